The van der Waals surface area contributed by atoms with Gasteiger partial charge in [-0.3, -0.25) is 4.79 Å². The van der Waals surface area contributed by atoms with E-state index in [1.807, 2.05) is 31.2 Å². The van der Waals surface area contributed by atoms with Gasteiger partial charge in [0.2, 0.25) is 0 Å². The van der Waals surface area contributed by atoms with Crippen LogP contribution in [0.2, 0.25) is 5.02 Å². The number of methoxy groups -OCH3 is 1. The van der Waals surface area contributed by atoms with Crippen LogP contribution in [0.3, 0.4) is 0 Å². The molecular formula is C16H15BrClNO2. The second kappa shape index (κ2) is 6.96. The second-order valence-corrected chi connectivity index (χ2v) is 5.89. The highest BCUT2D eigenvalue weighted by atomic mass is 79.9. The van der Waals surface area contributed by atoms with E-state index >= 15 is 0 Å². The molecule has 0 aliphatic carbocycles. The molecule has 2 rings (SSSR count). The highest BCUT2D eigenvalue weighted by Crippen LogP contribution is 2.23. The highest BCUT2D eigenvalue weighted by molar-refractivity contribution is 9.10. The quantitative estimate of drug-likeness (QED) is 0.856. The molecule has 3 nitrogen and oxygen atoms in total. The van der Waals surface area contributed by atoms with Gasteiger partial charge in [-0.1, -0.05) is 23.7 Å². The lowest BCUT2D eigenvalue weighted by Gasteiger charge is -2.16. The molecule has 0 saturated carbocycles. The molecule has 0 aliphatic rings. The number of benzene rings is 2. The van der Waals surface area contributed by atoms with Gasteiger partial charge in [-0.05, 0) is 58.7 Å². The lowest BCUT2D eigenvalue weighted by Crippen LogP contribution is -2.26. The standard InChI is InChI=1S/C16H15BrClNO2/c1-10(11-4-3-5-13(8-11)21-2)19-16(20)14-7-6-12(18)9-15(14)17/h3-10H,1-2H3,(H,19,20). The van der Waals surface area contributed by atoms with E-state index in [2.05, 4.69) is 21.2 Å². The third-order valence-electron chi connectivity index (χ3n) is 3.12. The van der Waals surface area contributed by atoms with Crippen LogP contribution in [0.25, 0.3) is 0 Å². The minimum Gasteiger partial charge on any atom is -0.497 e. The van der Waals surface area contributed by atoms with Gasteiger partial charge >= 0.3 is 0 Å². The molecule has 2 aromatic rings. The molecule has 0 aliphatic heterocycles. The Morgan fingerprint density at radius 1 is 1.29 bits per heavy atom. The predicted molar refractivity (Wildman–Crippen MR) is 88.0 cm³/mol. The topological polar surface area (TPSA) is 38.3 Å². The first kappa shape index (κ1) is 15.9. The van der Waals surface area contributed by atoms with Crippen LogP contribution < -0.4 is 10.1 Å². The van der Waals surface area contributed by atoms with Gasteiger partial charge < -0.3 is 10.1 Å². The van der Waals surface area contributed by atoms with Crippen molar-refractivity contribution in [2.75, 3.05) is 7.11 Å². The molecule has 1 unspecified atom stereocenters. The number of carbonyl (C=O) groups excluding carboxylic acids is 1. The molecule has 0 saturated heterocycles. The monoisotopic (exact) mass is 367 g/mol. The number of ether oxygens (including phenoxy) is 1. The number of amides is 1. The fourth-order valence-corrected chi connectivity index (χ4v) is 2.80. The summed E-state index contributed by atoms with van der Waals surface area (Å²) in [6.07, 6.45) is 0. The van der Waals surface area contributed by atoms with E-state index in [-0.39, 0.29) is 11.9 Å². The summed E-state index contributed by atoms with van der Waals surface area (Å²) >= 11 is 9.23. The Kier molecular flexibility index (Phi) is 5.26. The van der Waals surface area contributed by atoms with Gasteiger partial charge in [0.25, 0.3) is 5.91 Å². The number of halogens is 2. The molecular weight excluding hydrogens is 354 g/mol. The molecule has 0 fully saturated rings. The number of nitrogens with one attached hydrogen (secondary N) is 1. The van der Waals surface area contributed by atoms with E-state index in [9.17, 15) is 4.79 Å². The number of hydrogen-bond acceptors (Lipinski definition) is 2. The normalized spacial score (nSPS) is 11.8. The summed E-state index contributed by atoms with van der Waals surface area (Å²) in [6.45, 7) is 1.93. The molecule has 1 atom stereocenters. The molecule has 1 N–H and O–H groups in total. The van der Waals surface area contributed by atoms with E-state index in [1.165, 1.54) is 0 Å². The maximum Gasteiger partial charge on any atom is 0.252 e. The summed E-state index contributed by atoms with van der Waals surface area (Å²) < 4.78 is 5.86. The first-order chi connectivity index (χ1) is 10.0. The van der Waals surface area contributed by atoms with Crippen LogP contribution in [0.1, 0.15) is 28.9 Å². The van der Waals surface area contributed by atoms with Crippen molar-refractivity contribution in [3.8, 4) is 5.75 Å². The van der Waals surface area contributed by atoms with E-state index in [0.29, 0.717) is 15.1 Å². The smallest absolute Gasteiger partial charge is 0.252 e. The summed E-state index contributed by atoms with van der Waals surface area (Å²) in [4.78, 5) is 12.3. The first-order valence-corrected chi connectivity index (χ1v) is 7.58. The molecule has 0 heterocycles. The Hall–Kier alpha value is -1.52. The van der Waals surface area contributed by atoms with Crippen molar-refractivity contribution in [1.29, 1.82) is 0 Å². The van der Waals surface area contributed by atoms with Gasteiger partial charge in [0.1, 0.15) is 5.75 Å². The molecule has 110 valence electrons. The van der Waals surface area contributed by atoms with E-state index in [4.69, 9.17) is 16.3 Å². The lowest BCUT2D eigenvalue weighted by atomic mass is 10.1. The number of carbonyl (C=O) groups is 1. The Labute approximate surface area is 137 Å². The third-order valence-corrected chi connectivity index (χ3v) is 4.01. The van der Waals surface area contributed by atoms with Gasteiger partial charge in [0.05, 0.1) is 18.7 Å². The average molecular weight is 369 g/mol. The minimum atomic E-state index is -0.158. The van der Waals surface area contributed by atoms with Crippen LogP contribution in [0, 0.1) is 0 Å². The minimum absolute atomic E-state index is 0.129. The van der Waals surface area contributed by atoms with Crippen LogP contribution >= 0.6 is 27.5 Å². The number of rotatable bonds is 4. The van der Waals surface area contributed by atoms with E-state index in [0.717, 1.165) is 11.3 Å². The van der Waals surface area contributed by atoms with Crippen LogP contribution in [-0.2, 0) is 0 Å². The van der Waals surface area contributed by atoms with Gasteiger partial charge in [-0.2, -0.15) is 0 Å². The Balaban J connectivity index is 2.14. The molecule has 21 heavy (non-hydrogen) atoms. The molecule has 0 bridgehead atoms. The summed E-state index contributed by atoms with van der Waals surface area (Å²) in [5, 5.41) is 3.54. The Bertz CT molecular complexity index is 660. The van der Waals surface area contributed by atoms with Crippen LogP contribution in [0.15, 0.2) is 46.9 Å². The van der Waals surface area contributed by atoms with Crippen molar-refractivity contribution < 1.29 is 9.53 Å². The van der Waals surface area contributed by atoms with Crippen LogP contribution in [0.5, 0.6) is 5.75 Å². The fourth-order valence-electron chi connectivity index (χ4n) is 1.94. The first-order valence-electron chi connectivity index (χ1n) is 6.41. The van der Waals surface area contributed by atoms with Crippen molar-refractivity contribution >= 4 is 33.4 Å². The summed E-state index contributed by atoms with van der Waals surface area (Å²) in [5.41, 5.74) is 1.53. The summed E-state index contributed by atoms with van der Waals surface area (Å²) in [7, 11) is 1.62. The van der Waals surface area contributed by atoms with Crippen molar-refractivity contribution in [1.82, 2.24) is 5.32 Å². The highest BCUT2D eigenvalue weighted by Gasteiger charge is 2.14. The molecule has 2 aromatic carbocycles. The zero-order chi connectivity index (χ0) is 15.4. The average Bonchev–Trinajstić information content (AvgIpc) is 2.47. The van der Waals surface area contributed by atoms with Crippen molar-refractivity contribution in [3.63, 3.8) is 0 Å². The van der Waals surface area contributed by atoms with Crippen molar-refractivity contribution in [2.45, 2.75) is 13.0 Å². The van der Waals surface area contributed by atoms with Crippen molar-refractivity contribution in [2.24, 2.45) is 0 Å². The summed E-state index contributed by atoms with van der Waals surface area (Å²) in [6, 6.07) is 12.6. The van der Waals surface area contributed by atoms with Crippen LogP contribution in [-0.4, -0.2) is 13.0 Å². The fraction of sp³-hybridized carbons (Fsp3) is 0.188. The Morgan fingerprint density at radius 2 is 2.05 bits per heavy atom. The van der Waals surface area contributed by atoms with Gasteiger partial charge in [0, 0.05) is 9.50 Å². The molecule has 5 heteroatoms. The van der Waals surface area contributed by atoms with Gasteiger partial charge in [0.15, 0.2) is 0 Å². The maximum absolute atomic E-state index is 12.3. The van der Waals surface area contributed by atoms with E-state index < -0.39 is 0 Å². The largest absolute Gasteiger partial charge is 0.497 e. The zero-order valence-electron chi connectivity index (χ0n) is 11.7. The van der Waals surface area contributed by atoms with Gasteiger partial charge in [-0.25, -0.2) is 0 Å². The molecule has 0 radical (unpaired) electrons. The molecule has 0 aromatic heterocycles. The Morgan fingerprint density at radius 3 is 2.71 bits per heavy atom. The molecule has 1 amide bonds. The predicted octanol–water partition coefficient (Wildman–Crippen LogP) is 4.60. The van der Waals surface area contributed by atoms with E-state index in [1.54, 1.807) is 25.3 Å². The third kappa shape index (κ3) is 3.99. The lowest BCUT2D eigenvalue weighted by molar-refractivity contribution is 0.0939. The second-order valence-electron chi connectivity index (χ2n) is 4.60. The van der Waals surface area contributed by atoms with Gasteiger partial charge in [-0.15, -0.1) is 0 Å². The maximum atomic E-state index is 12.3. The SMILES string of the molecule is COc1cccc(C(C)NC(=O)c2ccc(Cl)cc2Br)c1. The van der Waals surface area contributed by atoms with Crippen LogP contribution in [0.4, 0.5) is 0 Å². The van der Waals surface area contributed by atoms with Crippen molar-refractivity contribution in [3.05, 3.63) is 63.1 Å². The summed E-state index contributed by atoms with van der Waals surface area (Å²) in [5.74, 6) is 0.607. The zero-order valence-corrected chi connectivity index (χ0v) is 14.0. The number of hydrogen-bond donors (Lipinski definition) is 1. The molecule has 0 spiro atoms.